The molecule has 1 aliphatic rings. The lowest BCUT2D eigenvalue weighted by molar-refractivity contribution is 0.148. The summed E-state index contributed by atoms with van der Waals surface area (Å²) in [6, 6.07) is 5.32. The summed E-state index contributed by atoms with van der Waals surface area (Å²) in [5.41, 5.74) is 0. The molecule has 0 radical (unpaired) electrons. The van der Waals surface area contributed by atoms with Crippen molar-refractivity contribution in [2.45, 2.75) is 45.2 Å². The van der Waals surface area contributed by atoms with Crippen LogP contribution in [0.3, 0.4) is 0 Å². The molecule has 2 unspecified atom stereocenters. The molecule has 3 heteroatoms. The molecule has 1 fully saturated rings. The van der Waals surface area contributed by atoms with Gasteiger partial charge in [0.1, 0.15) is 5.76 Å². The second-order valence-electron chi connectivity index (χ2n) is 5.02. The number of furan rings is 1. The second-order valence-corrected chi connectivity index (χ2v) is 5.02. The van der Waals surface area contributed by atoms with Gasteiger partial charge in [0.05, 0.1) is 6.26 Å². The third-order valence-corrected chi connectivity index (χ3v) is 3.63. The van der Waals surface area contributed by atoms with Crippen molar-refractivity contribution in [1.29, 1.82) is 0 Å². The summed E-state index contributed by atoms with van der Waals surface area (Å²) in [6.45, 7) is 8.07. The average Bonchev–Trinajstić information content (AvgIpc) is 2.97. The van der Waals surface area contributed by atoms with Crippen LogP contribution in [0.5, 0.6) is 0 Å². The minimum absolute atomic E-state index is 0.561. The van der Waals surface area contributed by atoms with Gasteiger partial charge in [0.25, 0.3) is 0 Å². The van der Waals surface area contributed by atoms with E-state index in [9.17, 15) is 0 Å². The quantitative estimate of drug-likeness (QED) is 0.821. The number of hydrogen-bond acceptors (Lipinski definition) is 3. The molecule has 3 nitrogen and oxygen atoms in total. The molecule has 0 spiro atoms. The first-order chi connectivity index (χ1) is 8.31. The Labute approximate surface area is 104 Å². The Kier molecular flexibility index (Phi) is 4.63. The van der Waals surface area contributed by atoms with Crippen LogP contribution in [0.4, 0.5) is 0 Å². The highest BCUT2D eigenvalue weighted by molar-refractivity contribution is 5.01. The summed E-state index contributed by atoms with van der Waals surface area (Å²) >= 11 is 0. The minimum atomic E-state index is 0.561. The first kappa shape index (κ1) is 12.7. The van der Waals surface area contributed by atoms with Crippen LogP contribution in [0.15, 0.2) is 22.8 Å². The molecular weight excluding hydrogens is 212 g/mol. The van der Waals surface area contributed by atoms with Gasteiger partial charge in [-0.1, -0.05) is 6.92 Å². The summed E-state index contributed by atoms with van der Waals surface area (Å²) in [7, 11) is 0. The summed E-state index contributed by atoms with van der Waals surface area (Å²) in [6.07, 6.45) is 5.29. The molecule has 2 atom stereocenters. The molecule has 17 heavy (non-hydrogen) atoms. The van der Waals surface area contributed by atoms with Gasteiger partial charge in [-0.05, 0) is 45.0 Å². The molecule has 1 saturated heterocycles. The van der Waals surface area contributed by atoms with E-state index >= 15 is 0 Å². The number of nitrogens with one attached hydrogen (secondary N) is 1. The van der Waals surface area contributed by atoms with E-state index in [2.05, 4.69) is 30.1 Å². The van der Waals surface area contributed by atoms with Gasteiger partial charge >= 0.3 is 0 Å². The largest absolute Gasteiger partial charge is 0.469 e. The molecule has 0 aliphatic carbocycles. The molecule has 0 aromatic carbocycles. The number of rotatable bonds is 6. The number of nitrogens with zero attached hydrogens (tertiary/aromatic N) is 1. The molecule has 1 aliphatic heterocycles. The fraction of sp³-hybridized carbons (Fsp3) is 0.714. The van der Waals surface area contributed by atoms with E-state index < -0.39 is 0 Å². The van der Waals surface area contributed by atoms with E-state index in [1.54, 1.807) is 6.26 Å². The maximum Gasteiger partial charge on any atom is 0.105 e. The van der Waals surface area contributed by atoms with Gasteiger partial charge in [0.2, 0.25) is 0 Å². The van der Waals surface area contributed by atoms with Gasteiger partial charge in [0, 0.05) is 25.0 Å². The summed E-state index contributed by atoms with van der Waals surface area (Å²) in [5.74, 6) is 1.10. The summed E-state index contributed by atoms with van der Waals surface area (Å²) in [4.78, 5) is 2.64. The molecule has 0 amide bonds. The van der Waals surface area contributed by atoms with Crippen LogP contribution in [0.2, 0.25) is 0 Å². The van der Waals surface area contributed by atoms with Crippen LogP contribution in [0.25, 0.3) is 0 Å². The molecule has 1 N–H and O–H groups in total. The molecule has 0 bridgehead atoms. The fourth-order valence-corrected chi connectivity index (χ4v) is 2.78. The van der Waals surface area contributed by atoms with E-state index in [1.165, 1.54) is 25.9 Å². The van der Waals surface area contributed by atoms with E-state index in [-0.39, 0.29) is 0 Å². The average molecular weight is 236 g/mol. The van der Waals surface area contributed by atoms with Crippen molar-refractivity contribution in [1.82, 2.24) is 10.2 Å². The van der Waals surface area contributed by atoms with E-state index in [4.69, 9.17) is 4.42 Å². The highest BCUT2D eigenvalue weighted by Gasteiger charge is 2.25. The SMILES string of the molecule is CCCN(C(C)Cc1ccco1)C1CCNC1. The second kappa shape index (κ2) is 6.22. The Balaban J connectivity index is 1.94. The molecule has 2 rings (SSSR count). The minimum Gasteiger partial charge on any atom is -0.469 e. The Morgan fingerprint density at radius 3 is 3.06 bits per heavy atom. The fourth-order valence-electron chi connectivity index (χ4n) is 2.78. The Hall–Kier alpha value is -0.800. The standard InChI is InChI=1S/C14H24N2O/c1-3-8-16(13-6-7-15-11-13)12(2)10-14-5-4-9-17-14/h4-5,9,12-13,15H,3,6-8,10-11H2,1-2H3. The lowest BCUT2D eigenvalue weighted by Gasteiger charge is -2.33. The van der Waals surface area contributed by atoms with Gasteiger partial charge in [-0.2, -0.15) is 0 Å². The molecule has 96 valence electrons. The topological polar surface area (TPSA) is 28.4 Å². The lowest BCUT2D eigenvalue weighted by atomic mass is 10.1. The Morgan fingerprint density at radius 2 is 2.47 bits per heavy atom. The van der Waals surface area contributed by atoms with Crippen molar-refractivity contribution in [3.8, 4) is 0 Å². The summed E-state index contributed by atoms with van der Waals surface area (Å²) in [5, 5.41) is 3.46. The van der Waals surface area contributed by atoms with Crippen molar-refractivity contribution < 1.29 is 4.42 Å². The predicted octanol–water partition coefficient (Wildman–Crippen LogP) is 2.28. The lowest BCUT2D eigenvalue weighted by Crippen LogP contribution is -2.44. The van der Waals surface area contributed by atoms with Gasteiger partial charge < -0.3 is 9.73 Å². The zero-order valence-corrected chi connectivity index (χ0v) is 11.0. The van der Waals surface area contributed by atoms with Crippen LogP contribution in [0.1, 0.15) is 32.4 Å². The predicted molar refractivity (Wildman–Crippen MR) is 70.1 cm³/mol. The molecule has 2 heterocycles. The van der Waals surface area contributed by atoms with Crippen molar-refractivity contribution in [3.05, 3.63) is 24.2 Å². The van der Waals surface area contributed by atoms with E-state index in [1.807, 2.05) is 6.07 Å². The Bertz CT molecular complexity index is 304. The van der Waals surface area contributed by atoms with Crippen molar-refractivity contribution in [2.24, 2.45) is 0 Å². The van der Waals surface area contributed by atoms with Crippen LogP contribution < -0.4 is 5.32 Å². The van der Waals surface area contributed by atoms with Gasteiger partial charge in [-0.25, -0.2) is 0 Å². The first-order valence-electron chi connectivity index (χ1n) is 6.80. The molecular formula is C14H24N2O. The normalized spacial score (nSPS) is 22.2. The van der Waals surface area contributed by atoms with Crippen molar-refractivity contribution in [3.63, 3.8) is 0 Å². The maximum absolute atomic E-state index is 5.45. The zero-order chi connectivity index (χ0) is 12.1. The van der Waals surface area contributed by atoms with Crippen LogP contribution in [0, 0.1) is 0 Å². The third kappa shape index (κ3) is 3.33. The highest BCUT2D eigenvalue weighted by Crippen LogP contribution is 2.16. The zero-order valence-electron chi connectivity index (χ0n) is 11.0. The van der Waals surface area contributed by atoms with Gasteiger partial charge in [-0.15, -0.1) is 0 Å². The van der Waals surface area contributed by atoms with E-state index in [0.29, 0.717) is 12.1 Å². The van der Waals surface area contributed by atoms with Crippen LogP contribution in [-0.4, -0.2) is 36.6 Å². The molecule has 0 saturated carbocycles. The Morgan fingerprint density at radius 1 is 1.59 bits per heavy atom. The third-order valence-electron chi connectivity index (χ3n) is 3.63. The highest BCUT2D eigenvalue weighted by atomic mass is 16.3. The maximum atomic E-state index is 5.45. The van der Waals surface area contributed by atoms with Gasteiger partial charge in [0.15, 0.2) is 0 Å². The van der Waals surface area contributed by atoms with E-state index in [0.717, 1.165) is 18.7 Å². The summed E-state index contributed by atoms with van der Waals surface area (Å²) < 4.78 is 5.45. The first-order valence-corrected chi connectivity index (χ1v) is 6.80. The number of hydrogen-bond donors (Lipinski definition) is 1. The monoisotopic (exact) mass is 236 g/mol. The van der Waals surface area contributed by atoms with Crippen LogP contribution in [-0.2, 0) is 6.42 Å². The molecule has 1 aromatic rings. The van der Waals surface area contributed by atoms with Gasteiger partial charge in [-0.3, -0.25) is 4.90 Å². The smallest absolute Gasteiger partial charge is 0.105 e. The van der Waals surface area contributed by atoms with Crippen molar-refractivity contribution in [2.75, 3.05) is 19.6 Å². The molecule has 1 aromatic heterocycles. The van der Waals surface area contributed by atoms with Crippen molar-refractivity contribution >= 4 is 0 Å². The van der Waals surface area contributed by atoms with Crippen LogP contribution >= 0.6 is 0 Å².